The summed E-state index contributed by atoms with van der Waals surface area (Å²) in [5, 5.41) is 23.3. The molecule has 0 saturated carbocycles. The van der Waals surface area contributed by atoms with Gasteiger partial charge in [0.2, 0.25) is 0 Å². The van der Waals surface area contributed by atoms with Crippen LogP contribution < -0.4 is 0 Å². The van der Waals surface area contributed by atoms with Gasteiger partial charge in [-0.15, -0.1) is 10.2 Å². The summed E-state index contributed by atoms with van der Waals surface area (Å²) in [6, 6.07) is 27.7. The third-order valence-corrected chi connectivity index (χ3v) is 5.45. The first-order chi connectivity index (χ1) is 16.6. The van der Waals surface area contributed by atoms with E-state index >= 15 is 0 Å². The van der Waals surface area contributed by atoms with Crippen molar-refractivity contribution in [2.45, 2.75) is 0 Å². The van der Waals surface area contributed by atoms with Crippen molar-refractivity contribution in [3.05, 3.63) is 108 Å². The molecule has 0 fully saturated rings. The molecule has 0 aliphatic heterocycles. The lowest BCUT2D eigenvalue weighted by Gasteiger charge is -2.04. The highest BCUT2D eigenvalue weighted by molar-refractivity contribution is 5.90. The second-order valence-electron chi connectivity index (χ2n) is 7.66. The standard InChI is InChI=1S/C27H19FN6/c1-33-26(20-8-4-2-5-9-20)30-31-27(33)21(17-29)16-22-18-34(24-10-6-3-7-11-24)32-25(22)19-12-14-23(28)15-13-19/h2-16,18H,1H3. The van der Waals surface area contributed by atoms with Gasteiger partial charge in [-0.05, 0) is 42.5 Å². The lowest BCUT2D eigenvalue weighted by atomic mass is 10.1. The number of hydrogen-bond donors (Lipinski definition) is 0. The van der Waals surface area contributed by atoms with Gasteiger partial charge in [0.1, 0.15) is 11.9 Å². The Labute approximate surface area is 195 Å². The van der Waals surface area contributed by atoms with Crippen LogP contribution in [0.1, 0.15) is 11.4 Å². The van der Waals surface area contributed by atoms with Crippen molar-refractivity contribution in [2.24, 2.45) is 7.05 Å². The van der Waals surface area contributed by atoms with Crippen LogP contribution in [0.15, 0.2) is 91.1 Å². The minimum Gasteiger partial charge on any atom is -0.310 e. The molecular formula is C27H19FN6. The first-order valence-corrected chi connectivity index (χ1v) is 10.6. The Bertz CT molecular complexity index is 1510. The van der Waals surface area contributed by atoms with E-state index in [-0.39, 0.29) is 5.82 Å². The van der Waals surface area contributed by atoms with Crippen LogP contribution in [0.3, 0.4) is 0 Å². The van der Waals surface area contributed by atoms with E-state index < -0.39 is 0 Å². The number of para-hydroxylation sites is 1. The van der Waals surface area contributed by atoms with Gasteiger partial charge >= 0.3 is 0 Å². The van der Waals surface area contributed by atoms with E-state index in [9.17, 15) is 9.65 Å². The number of halogens is 1. The zero-order chi connectivity index (χ0) is 23.5. The molecule has 34 heavy (non-hydrogen) atoms. The van der Waals surface area contributed by atoms with Gasteiger partial charge in [-0.2, -0.15) is 10.4 Å². The number of nitrogens with zero attached hydrogens (tertiary/aromatic N) is 6. The Morgan fingerprint density at radius 1 is 0.882 bits per heavy atom. The Morgan fingerprint density at radius 3 is 2.24 bits per heavy atom. The van der Waals surface area contributed by atoms with Gasteiger partial charge in [0.15, 0.2) is 11.6 Å². The highest BCUT2D eigenvalue weighted by atomic mass is 19.1. The van der Waals surface area contributed by atoms with Crippen molar-refractivity contribution < 1.29 is 4.39 Å². The zero-order valence-corrected chi connectivity index (χ0v) is 18.3. The summed E-state index contributed by atoms with van der Waals surface area (Å²) in [6.45, 7) is 0. The van der Waals surface area contributed by atoms with Crippen LogP contribution in [0, 0.1) is 17.1 Å². The van der Waals surface area contributed by atoms with Crippen LogP contribution in [0.5, 0.6) is 0 Å². The predicted octanol–water partition coefficient (Wildman–Crippen LogP) is 5.54. The molecule has 0 unspecified atom stereocenters. The van der Waals surface area contributed by atoms with Crippen LogP contribution in [-0.4, -0.2) is 24.5 Å². The molecule has 2 aromatic heterocycles. The molecule has 0 amide bonds. The smallest absolute Gasteiger partial charge is 0.174 e. The molecule has 0 atom stereocenters. The van der Waals surface area contributed by atoms with Gasteiger partial charge in [-0.3, -0.25) is 0 Å². The Balaban J connectivity index is 1.63. The molecular weight excluding hydrogens is 427 g/mol. The van der Waals surface area contributed by atoms with Gasteiger partial charge in [-0.25, -0.2) is 9.07 Å². The summed E-state index contributed by atoms with van der Waals surface area (Å²) < 4.78 is 17.1. The van der Waals surface area contributed by atoms with Gasteiger partial charge in [0.05, 0.1) is 17.0 Å². The number of benzene rings is 3. The number of allylic oxidation sites excluding steroid dienone is 1. The normalized spacial score (nSPS) is 11.4. The van der Waals surface area contributed by atoms with Gasteiger partial charge in [0.25, 0.3) is 0 Å². The third kappa shape index (κ3) is 4.00. The first-order valence-electron chi connectivity index (χ1n) is 10.6. The van der Waals surface area contributed by atoms with E-state index in [1.54, 1.807) is 27.5 Å². The highest BCUT2D eigenvalue weighted by Crippen LogP contribution is 2.28. The lowest BCUT2D eigenvalue weighted by Crippen LogP contribution is -1.98. The maximum Gasteiger partial charge on any atom is 0.174 e. The van der Waals surface area contributed by atoms with Crippen LogP contribution in [0.25, 0.3) is 40.0 Å². The second-order valence-corrected chi connectivity index (χ2v) is 7.66. The second kappa shape index (κ2) is 8.96. The fraction of sp³-hybridized carbons (Fsp3) is 0.0370. The zero-order valence-electron chi connectivity index (χ0n) is 18.3. The molecule has 0 spiro atoms. The maximum absolute atomic E-state index is 13.5. The maximum atomic E-state index is 13.5. The number of hydrogen-bond acceptors (Lipinski definition) is 4. The van der Waals surface area contributed by atoms with Crippen molar-refractivity contribution in [1.82, 2.24) is 24.5 Å². The van der Waals surface area contributed by atoms with Crippen LogP contribution in [-0.2, 0) is 7.05 Å². The molecule has 2 heterocycles. The number of nitriles is 1. The molecule has 0 aliphatic carbocycles. The molecule has 0 radical (unpaired) electrons. The van der Waals surface area contributed by atoms with Gasteiger partial charge in [-0.1, -0.05) is 48.5 Å². The number of aromatic nitrogens is 5. The van der Waals surface area contributed by atoms with Crippen molar-refractivity contribution in [3.8, 4) is 34.4 Å². The molecule has 7 heteroatoms. The molecule has 3 aromatic carbocycles. The van der Waals surface area contributed by atoms with Crippen molar-refractivity contribution >= 4 is 11.6 Å². The van der Waals surface area contributed by atoms with E-state index in [0.717, 1.165) is 16.8 Å². The van der Waals surface area contributed by atoms with Gasteiger partial charge in [0, 0.05) is 29.9 Å². The van der Waals surface area contributed by atoms with E-state index in [0.29, 0.717) is 28.5 Å². The van der Waals surface area contributed by atoms with E-state index in [2.05, 4.69) is 16.3 Å². The fourth-order valence-corrected chi connectivity index (χ4v) is 3.74. The summed E-state index contributed by atoms with van der Waals surface area (Å²) in [6.07, 6.45) is 3.59. The summed E-state index contributed by atoms with van der Waals surface area (Å²) in [5.74, 6) is 0.780. The fourth-order valence-electron chi connectivity index (χ4n) is 3.74. The highest BCUT2D eigenvalue weighted by Gasteiger charge is 2.17. The van der Waals surface area contributed by atoms with Crippen molar-refractivity contribution in [3.63, 3.8) is 0 Å². The van der Waals surface area contributed by atoms with E-state index in [4.69, 9.17) is 5.10 Å². The molecule has 5 aromatic rings. The average Bonchev–Trinajstić information content (AvgIpc) is 3.48. The van der Waals surface area contributed by atoms with Crippen LogP contribution >= 0.6 is 0 Å². The molecule has 0 aliphatic rings. The SMILES string of the molecule is Cn1c(C(C#N)=Cc2cn(-c3ccccc3)nc2-c2ccc(F)cc2)nnc1-c1ccccc1. The molecule has 0 bridgehead atoms. The monoisotopic (exact) mass is 446 g/mol. The summed E-state index contributed by atoms with van der Waals surface area (Å²) >= 11 is 0. The topological polar surface area (TPSA) is 72.3 Å². The molecule has 6 nitrogen and oxygen atoms in total. The van der Waals surface area contributed by atoms with Crippen molar-refractivity contribution in [1.29, 1.82) is 5.26 Å². The first kappa shape index (κ1) is 21.0. The quantitative estimate of drug-likeness (QED) is 0.333. The van der Waals surface area contributed by atoms with Crippen molar-refractivity contribution in [2.75, 3.05) is 0 Å². The average molecular weight is 446 g/mol. The summed E-state index contributed by atoms with van der Waals surface area (Å²) in [7, 11) is 1.83. The van der Waals surface area contributed by atoms with E-state index in [1.165, 1.54) is 12.1 Å². The minimum absolute atomic E-state index is 0.325. The Kier molecular flexibility index (Phi) is 5.55. The van der Waals surface area contributed by atoms with Gasteiger partial charge < -0.3 is 4.57 Å². The number of rotatable bonds is 5. The largest absolute Gasteiger partial charge is 0.310 e. The molecule has 0 saturated heterocycles. The predicted molar refractivity (Wildman–Crippen MR) is 129 cm³/mol. The van der Waals surface area contributed by atoms with Crippen LogP contribution in [0.2, 0.25) is 0 Å². The molecule has 5 rings (SSSR count). The molecule has 0 N–H and O–H groups in total. The van der Waals surface area contributed by atoms with E-state index in [1.807, 2.05) is 73.9 Å². The Morgan fingerprint density at radius 2 is 1.56 bits per heavy atom. The summed E-state index contributed by atoms with van der Waals surface area (Å²) in [4.78, 5) is 0. The summed E-state index contributed by atoms with van der Waals surface area (Å²) in [5.41, 5.74) is 4.19. The third-order valence-electron chi connectivity index (χ3n) is 5.45. The minimum atomic E-state index is -0.325. The lowest BCUT2D eigenvalue weighted by molar-refractivity contribution is 0.628. The molecule has 164 valence electrons. The Hall–Kier alpha value is -4.83. The van der Waals surface area contributed by atoms with Crippen LogP contribution in [0.4, 0.5) is 4.39 Å².